The highest BCUT2D eigenvalue weighted by Gasteiger charge is 2.41. The van der Waals surface area contributed by atoms with Crippen molar-refractivity contribution in [1.82, 2.24) is 14.3 Å². The van der Waals surface area contributed by atoms with E-state index in [1.54, 1.807) is 22.6 Å². The van der Waals surface area contributed by atoms with Crippen LogP contribution in [-0.4, -0.2) is 47.5 Å². The SMILES string of the molecule is COc1ncccc1C(=O)Nc1nc2c(s1)CN(S(=O)(=O)C1CC1)CC2. The summed E-state index contributed by atoms with van der Waals surface area (Å²) in [6.45, 7) is 0.775. The zero-order valence-corrected chi connectivity index (χ0v) is 15.8. The number of hydrogen-bond acceptors (Lipinski definition) is 7. The first-order chi connectivity index (χ1) is 12.5. The standard InChI is InChI=1S/C16H18N4O4S2/c1-24-15-11(3-2-7-17-15)14(21)19-16-18-12-6-8-20(9-13(12)25-16)26(22,23)10-4-5-10/h2-3,7,10H,4-6,8-9H2,1H3,(H,18,19,21). The van der Waals surface area contributed by atoms with E-state index in [1.165, 1.54) is 18.4 Å². The molecule has 8 nitrogen and oxygen atoms in total. The number of anilines is 1. The van der Waals surface area contributed by atoms with Crippen molar-refractivity contribution >= 4 is 32.4 Å². The van der Waals surface area contributed by atoms with Gasteiger partial charge in [0.15, 0.2) is 5.13 Å². The maximum Gasteiger partial charge on any atom is 0.262 e. The van der Waals surface area contributed by atoms with Crippen LogP contribution in [0.5, 0.6) is 5.88 Å². The Hall–Kier alpha value is -2.04. The Labute approximate surface area is 155 Å². The number of nitrogens with zero attached hydrogens (tertiary/aromatic N) is 3. The number of nitrogens with one attached hydrogen (secondary N) is 1. The molecule has 10 heteroatoms. The van der Waals surface area contributed by atoms with Gasteiger partial charge in [0.05, 0.1) is 18.1 Å². The van der Waals surface area contributed by atoms with Crippen molar-refractivity contribution in [1.29, 1.82) is 0 Å². The lowest BCUT2D eigenvalue weighted by atomic mass is 10.2. The number of sulfonamides is 1. The zero-order valence-electron chi connectivity index (χ0n) is 14.1. The maximum atomic E-state index is 12.5. The minimum atomic E-state index is -3.20. The quantitative estimate of drug-likeness (QED) is 0.827. The fourth-order valence-electron chi connectivity index (χ4n) is 2.91. The Balaban J connectivity index is 1.51. The van der Waals surface area contributed by atoms with Crippen LogP contribution in [0.25, 0.3) is 0 Å². The molecule has 0 radical (unpaired) electrons. The molecule has 3 heterocycles. The highest BCUT2D eigenvalue weighted by Crippen LogP contribution is 2.35. The molecule has 1 fully saturated rings. The first-order valence-electron chi connectivity index (χ1n) is 8.27. The van der Waals surface area contributed by atoms with Crippen molar-refractivity contribution in [3.05, 3.63) is 34.5 Å². The molecule has 1 aliphatic carbocycles. The second kappa shape index (κ2) is 6.60. The molecule has 0 spiro atoms. The number of ether oxygens (including phenoxy) is 1. The summed E-state index contributed by atoms with van der Waals surface area (Å²) in [4.78, 5) is 21.8. The van der Waals surface area contributed by atoms with Crippen molar-refractivity contribution in [3.8, 4) is 5.88 Å². The second-order valence-corrected chi connectivity index (χ2v) is 9.53. The van der Waals surface area contributed by atoms with Crippen LogP contribution in [0.3, 0.4) is 0 Å². The van der Waals surface area contributed by atoms with Crippen LogP contribution in [0.1, 0.15) is 33.8 Å². The van der Waals surface area contributed by atoms with E-state index in [-0.39, 0.29) is 17.0 Å². The molecule has 0 bridgehead atoms. The van der Waals surface area contributed by atoms with Gasteiger partial charge >= 0.3 is 0 Å². The Kier molecular flexibility index (Phi) is 4.41. The Morgan fingerprint density at radius 3 is 2.96 bits per heavy atom. The third kappa shape index (κ3) is 3.19. The minimum Gasteiger partial charge on any atom is -0.480 e. The largest absolute Gasteiger partial charge is 0.480 e. The summed E-state index contributed by atoms with van der Waals surface area (Å²) in [5, 5.41) is 3.00. The molecule has 0 atom stereocenters. The minimum absolute atomic E-state index is 0.214. The lowest BCUT2D eigenvalue weighted by Crippen LogP contribution is -2.37. The number of fused-ring (bicyclic) bond motifs is 1. The summed E-state index contributed by atoms with van der Waals surface area (Å²) >= 11 is 1.31. The van der Waals surface area contributed by atoms with Crippen molar-refractivity contribution in [2.45, 2.75) is 31.1 Å². The van der Waals surface area contributed by atoms with Crippen molar-refractivity contribution in [3.63, 3.8) is 0 Å². The number of hydrogen-bond donors (Lipinski definition) is 1. The first kappa shape index (κ1) is 17.4. The van der Waals surface area contributed by atoms with Gasteiger partial charge in [-0.2, -0.15) is 4.31 Å². The van der Waals surface area contributed by atoms with Crippen molar-refractivity contribution < 1.29 is 17.9 Å². The molecule has 0 saturated heterocycles. The van der Waals surface area contributed by atoms with Gasteiger partial charge in [-0.3, -0.25) is 10.1 Å². The molecule has 0 unspecified atom stereocenters. The van der Waals surface area contributed by atoms with E-state index in [0.717, 1.165) is 23.4 Å². The van der Waals surface area contributed by atoms with Crippen LogP contribution in [0, 0.1) is 0 Å². The molecular weight excluding hydrogens is 376 g/mol. The second-order valence-electron chi connectivity index (χ2n) is 6.23. The smallest absolute Gasteiger partial charge is 0.262 e. The number of pyridine rings is 1. The molecule has 1 amide bonds. The summed E-state index contributed by atoms with van der Waals surface area (Å²) in [6.07, 6.45) is 3.61. The van der Waals surface area contributed by atoms with Gasteiger partial charge in [0.2, 0.25) is 15.9 Å². The van der Waals surface area contributed by atoms with Crippen molar-refractivity contribution in [2.24, 2.45) is 0 Å². The predicted octanol–water partition coefficient (Wildman–Crippen LogP) is 1.65. The van der Waals surface area contributed by atoms with E-state index in [1.807, 2.05) is 0 Å². The summed E-state index contributed by atoms with van der Waals surface area (Å²) in [5.74, 6) is -0.114. The van der Waals surface area contributed by atoms with Gasteiger partial charge in [-0.1, -0.05) is 0 Å². The molecule has 2 aromatic heterocycles. The number of carbonyl (C=O) groups excluding carboxylic acids is 1. The van der Waals surface area contributed by atoms with Crippen LogP contribution in [0.15, 0.2) is 18.3 Å². The lowest BCUT2D eigenvalue weighted by molar-refractivity contribution is 0.102. The third-order valence-corrected chi connectivity index (χ3v) is 7.77. The first-order valence-corrected chi connectivity index (χ1v) is 10.6. The Morgan fingerprint density at radius 1 is 1.42 bits per heavy atom. The van der Waals surface area contributed by atoms with Crippen LogP contribution in [-0.2, 0) is 23.0 Å². The maximum absolute atomic E-state index is 12.5. The number of amides is 1. The van der Waals surface area contributed by atoms with Gasteiger partial charge < -0.3 is 4.74 Å². The fourth-order valence-corrected chi connectivity index (χ4v) is 5.82. The number of methoxy groups -OCH3 is 1. The molecule has 1 aliphatic heterocycles. The van der Waals surface area contributed by atoms with E-state index in [4.69, 9.17) is 4.74 Å². The number of thiazole rings is 1. The molecular formula is C16H18N4O4S2. The average molecular weight is 394 g/mol. The van der Waals surface area contributed by atoms with Crippen LogP contribution >= 0.6 is 11.3 Å². The number of aromatic nitrogens is 2. The monoisotopic (exact) mass is 394 g/mol. The third-order valence-electron chi connectivity index (χ3n) is 4.43. The summed E-state index contributed by atoms with van der Waals surface area (Å²) in [6, 6.07) is 3.28. The molecule has 1 N–H and O–H groups in total. The van der Waals surface area contributed by atoms with E-state index in [0.29, 0.717) is 30.2 Å². The Morgan fingerprint density at radius 2 is 2.23 bits per heavy atom. The normalized spacial score (nSPS) is 17.6. The van der Waals surface area contributed by atoms with Gasteiger partial charge in [-0.25, -0.2) is 18.4 Å². The summed E-state index contributed by atoms with van der Waals surface area (Å²) in [7, 11) is -1.74. The van der Waals surface area contributed by atoms with E-state index < -0.39 is 10.0 Å². The van der Waals surface area contributed by atoms with E-state index in [2.05, 4.69) is 15.3 Å². The fraction of sp³-hybridized carbons (Fsp3) is 0.438. The van der Waals surface area contributed by atoms with Gasteiger partial charge in [-0.15, -0.1) is 11.3 Å². The highest BCUT2D eigenvalue weighted by atomic mass is 32.2. The molecule has 1 saturated carbocycles. The van der Waals surface area contributed by atoms with E-state index in [9.17, 15) is 13.2 Å². The van der Waals surface area contributed by atoms with Gasteiger partial charge in [0.25, 0.3) is 5.91 Å². The van der Waals surface area contributed by atoms with Gasteiger partial charge in [0.1, 0.15) is 5.56 Å². The summed E-state index contributed by atoms with van der Waals surface area (Å²) in [5.41, 5.74) is 1.17. The Bertz CT molecular complexity index is 953. The summed E-state index contributed by atoms with van der Waals surface area (Å²) < 4.78 is 31.5. The van der Waals surface area contributed by atoms with Gasteiger partial charge in [0, 0.05) is 30.6 Å². The topological polar surface area (TPSA) is 101 Å². The molecule has 0 aromatic carbocycles. The predicted molar refractivity (Wildman–Crippen MR) is 96.9 cm³/mol. The van der Waals surface area contributed by atoms with Crippen molar-refractivity contribution in [2.75, 3.05) is 19.0 Å². The number of carbonyl (C=O) groups is 1. The zero-order chi connectivity index (χ0) is 18.3. The molecule has 4 rings (SSSR count). The van der Waals surface area contributed by atoms with Crippen LogP contribution < -0.4 is 10.1 Å². The molecule has 26 heavy (non-hydrogen) atoms. The molecule has 2 aromatic rings. The number of rotatable bonds is 5. The molecule has 138 valence electrons. The van der Waals surface area contributed by atoms with Gasteiger partial charge in [-0.05, 0) is 25.0 Å². The van der Waals surface area contributed by atoms with Crippen LogP contribution in [0.2, 0.25) is 0 Å². The molecule has 2 aliphatic rings. The van der Waals surface area contributed by atoms with Crippen LogP contribution in [0.4, 0.5) is 5.13 Å². The van der Waals surface area contributed by atoms with E-state index >= 15 is 0 Å². The lowest BCUT2D eigenvalue weighted by Gasteiger charge is -2.25. The average Bonchev–Trinajstić information content (AvgIpc) is 3.42. The highest BCUT2D eigenvalue weighted by molar-refractivity contribution is 7.90.